The molecule has 1 unspecified atom stereocenters. The number of hydrogen-bond donors (Lipinski definition) is 1. The van der Waals surface area contributed by atoms with Gasteiger partial charge in [0.15, 0.2) is 0 Å². The summed E-state index contributed by atoms with van der Waals surface area (Å²) in [5.41, 5.74) is 6.17. The molecule has 0 saturated heterocycles. The summed E-state index contributed by atoms with van der Waals surface area (Å²) in [6.07, 6.45) is 0. The van der Waals surface area contributed by atoms with Crippen LogP contribution in [-0.2, 0) is 0 Å². The largest absolute Gasteiger partial charge is 0.494 e. The van der Waals surface area contributed by atoms with Crippen LogP contribution in [0.4, 0.5) is 4.39 Å². The molecule has 0 aromatic heterocycles. The van der Waals surface area contributed by atoms with Crippen molar-refractivity contribution in [2.75, 3.05) is 6.61 Å². The molecule has 0 aliphatic carbocycles. The van der Waals surface area contributed by atoms with E-state index < -0.39 is 6.04 Å². The maximum Gasteiger partial charge on any atom is 0.135 e. The van der Waals surface area contributed by atoms with Gasteiger partial charge in [0, 0.05) is 11.6 Å². The van der Waals surface area contributed by atoms with Gasteiger partial charge in [-0.15, -0.1) is 0 Å². The van der Waals surface area contributed by atoms with Gasteiger partial charge in [0.25, 0.3) is 0 Å². The van der Waals surface area contributed by atoms with Gasteiger partial charge in [-0.3, -0.25) is 0 Å². The minimum absolute atomic E-state index is 0.358. The van der Waals surface area contributed by atoms with Crippen LogP contribution in [-0.4, -0.2) is 6.61 Å². The third kappa shape index (κ3) is 3.27. The zero-order valence-electron chi connectivity index (χ0n) is 11.6. The van der Waals surface area contributed by atoms with Crippen LogP contribution in [0.1, 0.15) is 25.5 Å². The second kappa shape index (κ2) is 6.39. The zero-order chi connectivity index (χ0) is 14.5. The first-order valence-electron chi connectivity index (χ1n) is 6.56. The Morgan fingerprint density at radius 2 is 1.75 bits per heavy atom. The molecule has 20 heavy (non-hydrogen) atoms. The van der Waals surface area contributed by atoms with Gasteiger partial charge in [0.2, 0.25) is 0 Å². The summed E-state index contributed by atoms with van der Waals surface area (Å²) in [7, 11) is 0. The molecule has 0 saturated carbocycles. The van der Waals surface area contributed by atoms with E-state index in [0.717, 1.165) is 5.75 Å². The van der Waals surface area contributed by atoms with Crippen molar-refractivity contribution >= 4 is 0 Å². The Kier molecular flexibility index (Phi) is 4.58. The summed E-state index contributed by atoms with van der Waals surface area (Å²) >= 11 is 0. The van der Waals surface area contributed by atoms with Gasteiger partial charge in [0.05, 0.1) is 6.61 Å². The maximum absolute atomic E-state index is 13.8. The average molecular weight is 275 g/mol. The van der Waals surface area contributed by atoms with E-state index in [0.29, 0.717) is 23.7 Å². The Morgan fingerprint density at radius 1 is 1.10 bits per heavy atom. The van der Waals surface area contributed by atoms with Crippen LogP contribution >= 0.6 is 0 Å². The molecular weight excluding hydrogens is 257 g/mol. The number of benzene rings is 2. The first kappa shape index (κ1) is 14.3. The van der Waals surface area contributed by atoms with E-state index >= 15 is 0 Å². The van der Waals surface area contributed by atoms with Crippen molar-refractivity contribution in [2.24, 2.45) is 5.73 Å². The van der Waals surface area contributed by atoms with Crippen molar-refractivity contribution in [2.45, 2.75) is 19.9 Å². The highest BCUT2D eigenvalue weighted by molar-refractivity contribution is 5.41. The molecule has 2 aromatic rings. The fourth-order valence-corrected chi connectivity index (χ4v) is 1.95. The Bertz CT molecular complexity index is 567. The molecule has 106 valence electrons. The molecule has 0 radical (unpaired) electrons. The van der Waals surface area contributed by atoms with E-state index in [1.165, 1.54) is 6.07 Å². The number of rotatable bonds is 5. The number of nitrogens with two attached hydrogens (primary N) is 1. The lowest BCUT2D eigenvalue weighted by Gasteiger charge is -2.14. The molecule has 0 aliphatic rings. The molecule has 0 bridgehead atoms. The molecule has 0 fully saturated rings. The van der Waals surface area contributed by atoms with Crippen molar-refractivity contribution in [3.05, 3.63) is 53.8 Å². The highest BCUT2D eigenvalue weighted by atomic mass is 19.1. The fourth-order valence-electron chi connectivity index (χ4n) is 1.95. The van der Waals surface area contributed by atoms with Crippen molar-refractivity contribution in [3.63, 3.8) is 0 Å². The molecule has 0 aliphatic heterocycles. The topological polar surface area (TPSA) is 44.5 Å². The van der Waals surface area contributed by atoms with Crippen molar-refractivity contribution in [1.29, 1.82) is 0 Å². The Balaban J connectivity index is 2.23. The zero-order valence-corrected chi connectivity index (χ0v) is 11.6. The summed E-state index contributed by atoms with van der Waals surface area (Å²) in [6, 6.07) is 11.4. The van der Waals surface area contributed by atoms with Crippen LogP contribution in [0.5, 0.6) is 17.2 Å². The van der Waals surface area contributed by atoms with Crippen LogP contribution in [0.3, 0.4) is 0 Å². The Morgan fingerprint density at radius 3 is 2.35 bits per heavy atom. The highest BCUT2D eigenvalue weighted by Crippen LogP contribution is 2.31. The average Bonchev–Trinajstić information content (AvgIpc) is 2.41. The number of halogens is 1. The van der Waals surface area contributed by atoms with Gasteiger partial charge in [0.1, 0.15) is 23.1 Å². The van der Waals surface area contributed by atoms with E-state index in [-0.39, 0.29) is 5.82 Å². The summed E-state index contributed by atoms with van der Waals surface area (Å²) in [6.45, 7) is 4.26. The first-order valence-corrected chi connectivity index (χ1v) is 6.56. The summed E-state index contributed by atoms with van der Waals surface area (Å²) < 4.78 is 24.9. The smallest absolute Gasteiger partial charge is 0.135 e. The molecule has 1 atom stereocenters. The standard InChI is InChI=1S/C16H18FNO2/c1-3-19-12-7-9-13(10-8-12)20-15-6-4-5-14(17)16(15)11(2)18/h4-11H,3,18H2,1-2H3. The molecular formula is C16H18FNO2. The fraction of sp³-hybridized carbons (Fsp3) is 0.250. The minimum atomic E-state index is -0.436. The molecule has 2 aromatic carbocycles. The summed E-state index contributed by atoms with van der Waals surface area (Å²) in [5.74, 6) is 1.46. The monoisotopic (exact) mass is 275 g/mol. The lowest BCUT2D eigenvalue weighted by molar-refractivity contribution is 0.339. The quantitative estimate of drug-likeness (QED) is 0.895. The number of ether oxygens (including phenoxy) is 2. The SMILES string of the molecule is CCOc1ccc(Oc2cccc(F)c2C(C)N)cc1. The normalized spacial score (nSPS) is 12.0. The molecule has 3 nitrogen and oxygen atoms in total. The van der Waals surface area contributed by atoms with Gasteiger partial charge >= 0.3 is 0 Å². The summed E-state index contributed by atoms with van der Waals surface area (Å²) in [5, 5.41) is 0. The lowest BCUT2D eigenvalue weighted by Crippen LogP contribution is -2.09. The minimum Gasteiger partial charge on any atom is -0.494 e. The van der Waals surface area contributed by atoms with Gasteiger partial charge < -0.3 is 15.2 Å². The molecule has 4 heteroatoms. The molecule has 2 rings (SSSR count). The predicted octanol–water partition coefficient (Wildman–Crippen LogP) is 4.04. The van der Waals surface area contributed by atoms with E-state index in [1.807, 2.05) is 19.1 Å². The second-order valence-corrected chi connectivity index (χ2v) is 4.45. The Hall–Kier alpha value is -2.07. The van der Waals surface area contributed by atoms with Crippen LogP contribution in [0.2, 0.25) is 0 Å². The Labute approximate surface area is 118 Å². The highest BCUT2D eigenvalue weighted by Gasteiger charge is 2.14. The first-order chi connectivity index (χ1) is 9.61. The maximum atomic E-state index is 13.8. The van der Waals surface area contributed by atoms with Gasteiger partial charge in [-0.1, -0.05) is 6.07 Å². The van der Waals surface area contributed by atoms with E-state index in [9.17, 15) is 4.39 Å². The van der Waals surface area contributed by atoms with E-state index in [2.05, 4.69) is 0 Å². The number of hydrogen-bond acceptors (Lipinski definition) is 3. The lowest BCUT2D eigenvalue weighted by atomic mass is 10.1. The molecule has 2 N–H and O–H groups in total. The van der Waals surface area contributed by atoms with Crippen LogP contribution in [0.15, 0.2) is 42.5 Å². The third-order valence-corrected chi connectivity index (χ3v) is 2.83. The van der Waals surface area contributed by atoms with E-state index in [1.54, 1.807) is 31.2 Å². The molecule has 0 spiro atoms. The van der Waals surface area contributed by atoms with Crippen molar-refractivity contribution < 1.29 is 13.9 Å². The summed E-state index contributed by atoms with van der Waals surface area (Å²) in [4.78, 5) is 0. The van der Waals surface area contributed by atoms with Crippen LogP contribution in [0, 0.1) is 5.82 Å². The van der Waals surface area contributed by atoms with Gasteiger partial charge in [-0.2, -0.15) is 0 Å². The predicted molar refractivity (Wildman–Crippen MR) is 76.7 cm³/mol. The van der Waals surface area contributed by atoms with Crippen LogP contribution in [0.25, 0.3) is 0 Å². The molecule has 0 heterocycles. The van der Waals surface area contributed by atoms with Gasteiger partial charge in [-0.05, 0) is 50.2 Å². The van der Waals surface area contributed by atoms with Crippen molar-refractivity contribution in [3.8, 4) is 17.2 Å². The van der Waals surface area contributed by atoms with E-state index in [4.69, 9.17) is 15.2 Å². The van der Waals surface area contributed by atoms with Crippen molar-refractivity contribution in [1.82, 2.24) is 0 Å². The molecule has 0 amide bonds. The second-order valence-electron chi connectivity index (χ2n) is 4.45. The van der Waals surface area contributed by atoms with Crippen LogP contribution < -0.4 is 15.2 Å². The third-order valence-electron chi connectivity index (χ3n) is 2.83. The van der Waals surface area contributed by atoms with Gasteiger partial charge in [-0.25, -0.2) is 4.39 Å².